The summed E-state index contributed by atoms with van der Waals surface area (Å²) in [6, 6.07) is 0. The fraction of sp³-hybridized carbons (Fsp3) is 0.778. The van der Waals surface area contributed by atoms with Gasteiger partial charge in [0.1, 0.15) is 5.78 Å². The molecule has 0 aromatic rings. The lowest BCUT2D eigenvalue weighted by molar-refractivity contribution is -0.137. The molecular formula is C18H30O5. The van der Waals surface area contributed by atoms with Gasteiger partial charge in [-0.2, -0.15) is 0 Å². The highest BCUT2D eigenvalue weighted by Gasteiger charge is 2.39. The third-order valence-electron chi connectivity index (χ3n) is 4.55. The third kappa shape index (κ3) is 7.27. The van der Waals surface area contributed by atoms with E-state index >= 15 is 0 Å². The summed E-state index contributed by atoms with van der Waals surface area (Å²) in [7, 11) is 0. The number of Topliss-reactive ketones (excluding diaryl/α,β-unsaturated/α-hetero) is 1. The first-order valence-electron chi connectivity index (χ1n) is 8.74. The first-order chi connectivity index (χ1) is 11.0. The number of carboxylic acid groups (broad SMARTS) is 1. The van der Waals surface area contributed by atoms with Gasteiger partial charge in [-0.05, 0) is 19.3 Å². The Morgan fingerprint density at radius 3 is 2.70 bits per heavy atom. The molecule has 132 valence electrons. The van der Waals surface area contributed by atoms with Crippen LogP contribution >= 0.6 is 0 Å². The molecule has 0 radical (unpaired) electrons. The predicted octanol–water partition coefficient (Wildman–Crippen LogP) is 2.69. The number of ketones is 1. The third-order valence-corrected chi connectivity index (χ3v) is 4.55. The number of carbonyl (C=O) groups excluding carboxylic acids is 1. The van der Waals surface area contributed by atoms with Crippen LogP contribution in [0.2, 0.25) is 0 Å². The Morgan fingerprint density at radius 2 is 2.04 bits per heavy atom. The van der Waals surface area contributed by atoms with E-state index in [1.807, 2.05) is 0 Å². The number of aliphatic hydroxyl groups excluding tert-OH is 2. The predicted molar refractivity (Wildman–Crippen MR) is 88.0 cm³/mol. The van der Waals surface area contributed by atoms with Crippen molar-refractivity contribution < 1.29 is 24.9 Å². The van der Waals surface area contributed by atoms with Crippen LogP contribution in [0.25, 0.3) is 0 Å². The molecule has 0 aromatic heterocycles. The summed E-state index contributed by atoms with van der Waals surface area (Å²) in [4.78, 5) is 22.5. The van der Waals surface area contributed by atoms with Crippen molar-refractivity contribution in [1.82, 2.24) is 0 Å². The molecule has 4 atom stereocenters. The molecule has 1 fully saturated rings. The summed E-state index contributed by atoms with van der Waals surface area (Å²) in [5.41, 5.74) is 0. The number of aliphatic hydroxyl groups is 2. The van der Waals surface area contributed by atoms with Gasteiger partial charge in [0.2, 0.25) is 0 Å². The Morgan fingerprint density at radius 1 is 1.30 bits per heavy atom. The van der Waals surface area contributed by atoms with Gasteiger partial charge in [0, 0.05) is 24.7 Å². The van der Waals surface area contributed by atoms with Crippen LogP contribution in [0.4, 0.5) is 0 Å². The van der Waals surface area contributed by atoms with Crippen molar-refractivity contribution in [3.8, 4) is 0 Å². The lowest BCUT2D eigenvalue weighted by Crippen LogP contribution is -2.19. The largest absolute Gasteiger partial charge is 0.481 e. The van der Waals surface area contributed by atoms with Crippen molar-refractivity contribution in [2.45, 2.75) is 76.9 Å². The van der Waals surface area contributed by atoms with E-state index < -0.39 is 18.2 Å². The van der Waals surface area contributed by atoms with Gasteiger partial charge in [-0.25, -0.2) is 0 Å². The van der Waals surface area contributed by atoms with Gasteiger partial charge >= 0.3 is 5.97 Å². The van der Waals surface area contributed by atoms with Crippen LogP contribution in [0, 0.1) is 11.8 Å². The molecule has 5 nitrogen and oxygen atoms in total. The Labute approximate surface area is 138 Å². The Hall–Kier alpha value is -1.20. The highest BCUT2D eigenvalue weighted by atomic mass is 16.4. The molecule has 23 heavy (non-hydrogen) atoms. The number of aliphatic carboxylic acids is 1. The molecule has 4 unspecified atom stereocenters. The second kappa shape index (κ2) is 10.6. The topological polar surface area (TPSA) is 94.8 Å². The number of carbonyl (C=O) groups is 2. The Kier molecular flexibility index (Phi) is 9.10. The molecule has 5 heteroatoms. The standard InChI is InChI=1S/C18H30O5/c1-2-3-4-7-13(19)10-11-15-14(16(20)12-17(15)21)8-5-6-9-18(22)23/h10-11,13-15,17,19,21H,2-9,12H2,1H3,(H,22,23). The van der Waals surface area contributed by atoms with Gasteiger partial charge < -0.3 is 15.3 Å². The van der Waals surface area contributed by atoms with Crippen LogP contribution in [0.5, 0.6) is 0 Å². The van der Waals surface area contributed by atoms with Crippen molar-refractivity contribution >= 4 is 11.8 Å². The molecule has 1 aliphatic carbocycles. The molecule has 0 amide bonds. The van der Waals surface area contributed by atoms with E-state index in [-0.39, 0.29) is 30.5 Å². The van der Waals surface area contributed by atoms with E-state index in [1.54, 1.807) is 12.2 Å². The van der Waals surface area contributed by atoms with Gasteiger partial charge in [-0.3, -0.25) is 9.59 Å². The molecule has 0 aliphatic heterocycles. The quantitative estimate of drug-likeness (QED) is 0.401. The molecule has 0 heterocycles. The molecule has 0 spiro atoms. The minimum absolute atomic E-state index is 0.0444. The maximum atomic E-state index is 12.0. The fourth-order valence-electron chi connectivity index (χ4n) is 3.19. The van der Waals surface area contributed by atoms with Crippen molar-refractivity contribution in [2.24, 2.45) is 11.8 Å². The highest BCUT2D eigenvalue weighted by molar-refractivity contribution is 5.84. The molecule has 0 bridgehead atoms. The second-order valence-electron chi connectivity index (χ2n) is 6.51. The normalized spacial score (nSPS) is 26.0. The summed E-state index contributed by atoms with van der Waals surface area (Å²) in [6.45, 7) is 2.11. The molecule has 1 aliphatic rings. The minimum Gasteiger partial charge on any atom is -0.481 e. The lowest BCUT2D eigenvalue weighted by Gasteiger charge is -2.18. The van der Waals surface area contributed by atoms with E-state index in [2.05, 4.69) is 6.92 Å². The Balaban J connectivity index is 2.48. The summed E-state index contributed by atoms with van der Waals surface area (Å²) in [6.07, 6.45) is 8.20. The smallest absolute Gasteiger partial charge is 0.303 e. The van der Waals surface area contributed by atoms with Crippen LogP contribution in [0.15, 0.2) is 12.2 Å². The van der Waals surface area contributed by atoms with Crippen molar-refractivity contribution in [2.75, 3.05) is 0 Å². The van der Waals surface area contributed by atoms with Crippen LogP contribution in [0.1, 0.15) is 64.7 Å². The fourth-order valence-corrected chi connectivity index (χ4v) is 3.19. The maximum Gasteiger partial charge on any atom is 0.303 e. The summed E-state index contributed by atoms with van der Waals surface area (Å²) in [5, 5.41) is 28.6. The SMILES string of the molecule is CCCCCC(O)C=CC1C(O)CC(=O)C1CCCCC(=O)O. The summed E-state index contributed by atoms with van der Waals surface area (Å²) in [5.74, 6) is -1.29. The molecule has 1 rings (SSSR count). The highest BCUT2D eigenvalue weighted by Crippen LogP contribution is 2.34. The average molecular weight is 326 g/mol. The number of hydrogen-bond acceptors (Lipinski definition) is 4. The van der Waals surface area contributed by atoms with Crippen LogP contribution < -0.4 is 0 Å². The van der Waals surface area contributed by atoms with Gasteiger partial charge in [-0.1, -0.05) is 44.8 Å². The van der Waals surface area contributed by atoms with E-state index in [9.17, 15) is 19.8 Å². The zero-order chi connectivity index (χ0) is 17.2. The van der Waals surface area contributed by atoms with Crippen molar-refractivity contribution in [3.05, 3.63) is 12.2 Å². The zero-order valence-electron chi connectivity index (χ0n) is 14.0. The number of hydrogen-bond donors (Lipinski definition) is 3. The van der Waals surface area contributed by atoms with Gasteiger partial charge in [-0.15, -0.1) is 0 Å². The molecule has 0 saturated heterocycles. The molecule has 0 aromatic carbocycles. The second-order valence-corrected chi connectivity index (χ2v) is 6.51. The summed E-state index contributed by atoms with van der Waals surface area (Å²) < 4.78 is 0. The first kappa shape index (κ1) is 19.8. The van der Waals surface area contributed by atoms with E-state index in [0.29, 0.717) is 25.7 Å². The lowest BCUT2D eigenvalue weighted by atomic mass is 9.88. The zero-order valence-corrected chi connectivity index (χ0v) is 14.0. The number of unbranched alkanes of at least 4 members (excludes halogenated alkanes) is 3. The summed E-state index contributed by atoms with van der Waals surface area (Å²) >= 11 is 0. The first-order valence-corrected chi connectivity index (χ1v) is 8.74. The van der Waals surface area contributed by atoms with E-state index in [4.69, 9.17) is 5.11 Å². The monoisotopic (exact) mass is 326 g/mol. The van der Waals surface area contributed by atoms with Crippen molar-refractivity contribution in [1.29, 1.82) is 0 Å². The molecule has 1 saturated carbocycles. The maximum absolute atomic E-state index is 12.0. The average Bonchev–Trinajstić information content (AvgIpc) is 2.75. The molecular weight excluding hydrogens is 296 g/mol. The molecule has 3 N–H and O–H groups in total. The van der Waals surface area contributed by atoms with E-state index in [0.717, 1.165) is 19.3 Å². The number of rotatable bonds is 11. The van der Waals surface area contributed by atoms with Gasteiger partial charge in [0.15, 0.2) is 0 Å². The van der Waals surface area contributed by atoms with Gasteiger partial charge in [0.25, 0.3) is 0 Å². The van der Waals surface area contributed by atoms with Gasteiger partial charge in [0.05, 0.1) is 12.2 Å². The number of carboxylic acids is 1. The van der Waals surface area contributed by atoms with Crippen LogP contribution in [0.3, 0.4) is 0 Å². The Bertz CT molecular complexity index is 404. The minimum atomic E-state index is -0.825. The van der Waals surface area contributed by atoms with Crippen LogP contribution in [-0.2, 0) is 9.59 Å². The van der Waals surface area contributed by atoms with Crippen LogP contribution in [-0.4, -0.2) is 39.3 Å². The van der Waals surface area contributed by atoms with E-state index in [1.165, 1.54) is 0 Å². The van der Waals surface area contributed by atoms with Crippen molar-refractivity contribution in [3.63, 3.8) is 0 Å².